The zero-order valence-electron chi connectivity index (χ0n) is 13.9. The number of hydrogen-bond donors (Lipinski definition) is 0. The van der Waals surface area contributed by atoms with Crippen molar-refractivity contribution in [3.63, 3.8) is 0 Å². The van der Waals surface area contributed by atoms with Crippen molar-refractivity contribution in [2.24, 2.45) is 0 Å². The molecule has 0 saturated heterocycles. The number of sulfonamides is 1. The van der Waals surface area contributed by atoms with Crippen LogP contribution in [0.25, 0.3) is 0 Å². The third-order valence-corrected chi connectivity index (χ3v) is 5.62. The molecule has 0 atom stereocenters. The molecule has 3 aromatic rings. The van der Waals surface area contributed by atoms with E-state index in [1.54, 1.807) is 49.6 Å². The Morgan fingerprint density at radius 3 is 2.12 bits per heavy atom. The Kier molecular flexibility index (Phi) is 5.05. The van der Waals surface area contributed by atoms with Crippen LogP contribution in [0.2, 0.25) is 0 Å². The van der Waals surface area contributed by atoms with Gasteiger partial charge in [-0.25, -0.2) is 8.42 Å². The summed E-state index contributed by atoms with van der Waals surface area (Å²) in [7, 11) is -2.09. The first kappa shape index (κ1) is 17.0. The molecule has 3 rings (SSSR count). The van der Waals surface area contributed by atoms with Gasteiger partial charge >= 0.3 is 0 Å². The van der Waals surface area contributed by atoms with Crippen LogP contribution in [0.5, 0.6) is 5.75 Å². The summed E-state index contributed by atoms with van der Waals surface area (Å²) in [5.74, 6) is 0.697. The Balaban J connectivity index is 2.04. The highest BCUT2D eigenvalue weighted by Gasteiger charge is 2.25. The van der Waals surface area contributed by atoms with Crippen molar-refractivity contribution in [2.45, 2.75) is 11.4 Å². The molecule has 5 heteroatoms. The molecule has 25 heavy (non-hydrogen) atoms. The predicted octanol–water partition coefficient (Wildman–Crippen LogP) is 4.09. The van der Waals surface area contributed by atoms with Crippen LogP contribution in [0.1, 0.15) is 5.56 Å². The third kappa shape index (κ3) is 3.83. The Morgan fingerprint density at radius 2 is 1.48 bits per heavy atom. The summed E-state index contributed by atoms with van der Waals surface area (Å²) in [6, 6.07) is 25.0. The van der Waals surface area contributed by atoms with Crippen LogP contribution >= 0.6 is 0 Å². The molecular formula is C20H19NO3S. The van der Waals surface area contributed by atoms with Gasteiger partial charge in [0.1, 0.15) is 5.75 Å². The molecule has 4 nitrogen and oxygen atoms in total. The highest BCUT2D eigenvalue weighted by atomic mass is 32.2. The topological polar surface area (TPSA) is 46.6 Å². The molecule has 0 aliphatic heterocycles. The number of ether oxygens (including phenoxy) is 1. The van der Waals surface area contributed by atoms with Gasteiger partial charge in [-0.1, -0.05) is 48.5 Å². The van der Waals surface area contributed by atoms with Crippen LogP contribution in [0.4, 0.5) is 5.69 Å². The van der Waals surface area contributed by atoms with E-state index in [9.17, 15) is 8.42 Å². The van der Waals surface area contributed by atoms with Crippen molar-refractivity contribution in [3.8, 4) is 5.75 Å². The molecule has 128 valence electrons. The molecule has 0 radical (unpaired) electrons. The van der Waals surface area contributed by atoms with E-state index in [0.717, 1.165) is 5.56 Å². The first-order valence-corrected chi connectivity index (χ1v) is 9.31. The molecule has 0 heterocycles. The fourth-order valence-electron chi connectivity index (χ4n) is 2.57. The SMILES string of the molecule is COc1cccc(CN(c2ccccc2)S(=O)(=O)c2ccccc2)c1. The average Bonchev–Trinajstić information content (AvgIpc) is 2.67. The normalized spacial score (nSPS) is 11.1. The van der Waals surface area contributed by atoms with Crippen molar-refractivity contribution in [2.75, 3.05) is 11.4 Å². The molecule has 0 aliphatic carbocycles. The van der Waals surface area contributed by atoms with Crippen molar-refractivity contribution in [1.29, 1.82) is 0 Å². The number of hydrogen-bond acceptors (Lipinski definition) is 3. The van der Waals surface area contributed by atoms with Crippen molar-refractivity contribution in [1.82, 2.24) is 0 Å². The fourth-order valence-corrected chi connectivity index (χ4v) is 4.04. The molecule has 0 N–H and O–H groups in total. The smallest absolute Gasteiger partial charge is 0.264 e. The van der Waals surface area contributed by atoms with Gasteiger partial charge in [0.05, 0.1) is 24.2 Å². The maximum Gasteiger partial charge on any atom is 0.264 e. The number of nitrogens with zero attached hydrogens (tertiary/aromatic N) is 1. The fraction of sp³-hybridized carbons (Fsp3) is 0.100. The molecule has 0 unspecified atom stereocenters. The summed E-state index contributed by atoms with van der Waals surface area (Å²) in [4.78, 5) is 0.266. The minimum Gasteiger partial charge on any atom is -0.497 e. The van der Waals surface area contributed by atoms with Gasteiger partial charge in [-0.15, -0.1) is 0 Å². The maximum atomic E-state index is 13.2. The van der Waals surface area contributed by atoms with E-state index in [2.05, 4.69) is 0 Å². The number of para-hydroxylation sites is 1. The monoisotopic (exact) mass is 353 g/mol. The average molecular weight is 353 g/mol. The van der Waals surface area contributed by atoms with Crippen molar-refractivity contribution >= 4 is 15.7 Å². The third-order valence-electron chi connectivity index (χ3n) is 3.84. The quantitative estimate of drug-likeness (QED) is 0.670. The van der Waals surface area contributed by atoms with E-state index in [4.69, 9.17) is 4.74 Å². The second kappa shape index (κ2) is 7.40. The Bertz CT molecular complexity index is 925. The Morgan fingerprint density at radius 1 is 0.840 bits per heavy atom. The lowest BCUT2D eigenvalue weighted by atomic mass is 10.2. The second-order valence-corrected chi connectivity index (χ2v) is 7.37. The van der Waals surface area contributed by atoms with Crippen LogP contribution in [0.3, 0.4) is 0 Å². The number of rotatable bonds is 6. The van der Waals surface area contributed by atoms with Gasteiger partial charge in [-0.2, -0.15) is 0 Å². The van der Waals surface area contributed by atoms with E-state index in [0.29, 0.717) is 11.4 Å². The standard InChI is InChI=1S/C20H19NO3S/c1-24-19-12-8-9-17(15-19)16-21(18-10-4-2-5-11-18)25(22,23)20-13-6-3-7-14-20/h2-15H,16H2,1H3. The summed E-state index contributed by atoms with van der Waals surface area (Å²) in [5, 5.41) is 0. The van der Waals surface area contributed by atoms with E-state index in [1.807, 2.05) is 42.5 Å². The zero-order valence-corrected chi connectivity index (χ0v) is 14.7. The largest absolute Gasteiger partial charge is 0.497 e. The lowest BCUT2D eigenvalue weighted by Gasteiger charge is -2.25. The van der Waals surface area contributed by atoms with E-state index in [-0.39, 0.29) is 11.4 Å². The first-order chi connectivity index (χ1) is 12.1. The zero-order chi connectivity index (χ0) is 17.7. The van der Waals surface area contributed by atoms with Crippen molar-refractivity contribution < 1.29 is 13.2 Å². The summed E-state index contributed by atoms with van der Waals surface area (Å²) in [6.07, 6.45) is 0. The molecule has 0 spiro atoms. The number of methoxy groups -OCH3 is 1. The highest BCUT2D eigenvalue weighted by molar-refractivity contribution is 7.92. The summed E-state index contributed by atoms with van der Waals surface area (Å²) in [6.45, 7) is 0.221. The first-order valence-electron chi connectivity index (χ1n) is 7.87. The summed E-state index contributed by atoms with van der Waals surface area (Å²) < 4.78 is 33.0. The van der Waals surface area contributed by atoms with Crippen LogP contribution in [0, 0.1) is 0 Å². The molecule has 0 fully saturated rings. The minimum absolute atomic E-state index is 0.221. The predicted molar refractivity (Wildman–Crippen MR) is 99.2 cm³/mol. The summed E-state index contributed by atoms with van der Waals surface area (Å²) in [5.41, 5.74) is 1.47. The molecule has 0 amide bonds. The molecule has 0 aliphatic rings. The Labute approximate surface area is 148 Å². The van der Waals surface area contributed by atoms with Crippen LogP contribution in [-0.2, 0) is 16.6 Å². The van der Waals surface area contributed by atoms with E-state index in [1.165, 1.54) is 4.31 Å². The number of benzene rings is 3. The van der Waals surface area contributed by atoms with Gasteiger partial charge < -0.3 is 4.74 Å². The molecule has 0 aromatic heterocycles. The molecule has 0 saturated carbocycles. The second-order valence-electron chi connectivity index (χ2n) is 5.51. The van der Waals surface area contributed by atoms with Gasteiger partial charge in [0.25, 0.3) is 10.0 Å². The summed E-state index contributed by atoms with van der Waals surface area (Å²) >= 11 is 0. The maximum absolute atomic E-state index is 13.2. The molecular weight excluding hydrogens is 334 g/mol. The van der Waals surface area contributed by atoms with Gasteiger partial charge in [-0.05, 0) is 42.0 Å². The lowest BCUT2D eigenvalue weighted by molar-refractivity contribution is 0.414. The molecule has 0 bridgehead atoms. The lowest BCUT2D eigenvalue weighted by Crippen LogP contribution is -2.30. The van der Waals surface area contributed by atoms with Gasteiger partial charge in [0.2, 0.25) is 0 Å². The van der Waals surface area contributed by atoms with Gasteiger partial charge in [0, 0.05) is 0 Å². The van der Waals surface area contributed by atoms with E-state index >= 15 is 0 Å². The van der Waals surface area contributed by atoms with Gasteiger partial charge in [-0.3, -0.25) is 4.31 Å². The Hall–Kier alpha value is -2.79. The van der Waals surface area contributed by atoms with Crippen LogP contribution < -0.4 is 9.04 Å². The van der Waals surface area contributed by atoms with E-state index < -0.39 is 10.0 Å². The van der Waals surface area contributed by atoms with Crippen LogP contribution in [-0.4, -0.2) is 15.5 Å². The van der Waals surface area contributed by atoms with Crippen LogP contribution in [0.15, 0.2) is 89.8 Å². The minimum atomic E-state index is -3.68. The number of anilines is 1. The van der Waals surface area contributed by atoms with Gasteiger partial charge in [0.15, 0.2) is 0 Å². The van der Waals surface area contributed by atoms with Crippen molar-refractivity contribution in [3.05, 3.63) is 90.5 Å². The highest BCUT2D eigenvalue weighted by Crippen LogP contribution is 2.26. The molecule has 3 aromatic carbocycles.